The molecule has 0 N–H and O–H groups in total. The van der Waals surface area contributed by atoms with Crippen LogP contribution in [-0.2, 0) is 5.41 Å². The van der Waals surface area contributed by atoms with Gasteiger partial charge in [0.15, 0.2) is 0 Å². The molecule has 1 aromatic heterocycles. The van der Waals surface area contributed by atoms with Gasteiger partial charge in [0.25, 0.3) is 0 Å². The molecular weight excluding hydrogens is 364 g/mol. The van der Waals surface area contributed by atoms with Gasteiger partial charge in [0.2, 0.25) is 0 Å². The molecule has 0 aliphatic rings. The third-order valence-corrected chi connectivity index (χ3v) is 5.33. The summed E-state index contributed by atoms with van der Waals surface area (Å²) in [5.41, 5.74) is 3.83. The van der Waals surface area contributed by atoms with Crippen molar-refractivity contribution in [1.29, 1.82) is 5.26 Å². The van der Waals surface area contributed by atoms with Gasteiger partial charge in [-0.05, 0) is 34.4 Å². The lowest BCUT2D eigenvalue weighted by atomic mass is 9.65. The second-order valence-electron chi connectivity index (χ2n) is 6.51. The van der Waals surface area contributed by atoms with Crippen molar-refractivity contribution in [1.82, 2.24) is 4.98 Å². The number of halogens is 1. The van der Waals surface area contributed by atoms with E-state index in [2.05, 4.69) is 41.4 Å². The molecule has 0 aliphatic carbocycles. The standard InChI is InChI=1S/C25H17ClN2/c26-24-14-8-7-13-23(24)25(19-9-3-1-4-10-19,20-11-5-2-6-12-20)21-15-16-22(17-27)28-18-21/h1-16,18H. The molecule has 1 heterocycles. The lowest BCUT2D eigenvalue weighted by Crippen LogP contribution is -2.31. The Morgan fingerprint density at radius 3 is 1.75 bits per heavy atom. The molecule has 0 radical (unpaired) electrons. The molecule has 3 heteroatoms. The summed E-state index contributed by atoms with van der Waals surface area (Å²) >= 11 is 6.74. The summed E-state index contributed by atoms with van der Waals surface area (Å²) in [6, 6.07) is 34.3. The fourth-order valence-electron chi connectivity index (χ4n) is 3.79. The molecule has 134 valence electrons. The van der Waals surface area contributed by atoms with Gasteiger partial charge in [-0.15, -0.1) is 0 Å². The van der Waals surface area contributed by atoms with Crippen LogP contribution in [-0.4, -0.2) is 4.98 Å². The molecule has 0 fully saturated rings. The van der Waals surface area contributed by atoms with Gasteiger partial charge in [-0.3, -0.25) is 0 Å². The molecule has 0 bridgehead atoms. The average Bonchev–Trinajstić information content (AvgIpc) is 2.77. The molecule has 0 spiro atoms. The van der Waals surface area contributed by atoms with Crippen LogP contribution in [0, 0.1) is 11.3 Å². The minimum Gasteiger partial charge on any atom is -0.245 e. The third-order valence-electron chi connectivity index (χ3n) is 5.00. The van der Waals surface area contributed by atoms with Crippen LogP contribution in [0.3, 0.4) is 0 Å². The number of nitriles is 1. The van der Waals surface area contributed by atoms with E-state index in [0.29, 0.717) is 10.7 Å². The molecule has 0 aliphatic heterocycles. The van der Waals surface area contributed by atoms with Gasteiger partial charge in [-0.2, -0.15) is 5.26 Å². The molecule has 0 saturated carbocycles. The minimum atomic E-state index is -0.651. The van der Waals surface area contributed by atoms with Gasteiger partial charge in [-0.25, -0.2) is 4.98 Å². The zero-order chi connectivity index (χ0) is 19.4. The van der Waals surface area contributed by atoms with E-state index < -0.39 is 5.41 Å². The van der Waals surface area contributed by atoms with E-state index in [4.69, 9.17) is 11.6 Å². The van der Waals surface area contributed by atoms with Crippen molar-refractivity contribution < 1.29 is 0 Å². The van der Waals surface area contributed by atoms with Crippen molar-refractivity contribution in [2.24, 2.45) is 0 Å². The maximum Gasteiger partial charge on any atom is 0.140 e. The second-order valence-corrected chi connectivity index (χ2v) is 6.91. The van der Waals surface area contributed by atoms with E-state index in [9.17, 15) is 5.26 Å². The van der Waals surface area contributed by atoms with Crippen molar-refractivity contribution in [2.45, 2.75) is 5.41 Å². The normalized spacial score (nSPS) is 11.0. The van der Waals surface area contributed by atoms with Crippen molar-refractivity contribution in [3.8, 4) is 6.07 Å². The van der Waals surface area contributed by atoms with Crippen LogP contribution in [0.15, 0.2) is 103 Å². The number of pyridine rings is 1. The lowest BCUT2D eigenvalue weighted by Gasteiger charge is -2.37. The van der Waals surface area contributed by atoms with Gasteiger partial charge in [0.1, 0.15) is 11.8 Å². The highest BCUT2D eigenvalue weighted by molar-refractivity contribution is 6.31. The van der Waals surface area contributed by atoms with Crippen LogP contribution in [0.4, 0.5) is 0 Å². The van der Waals surface area contributed by atoms with E-state index in [1.165, 1.54) is 0 Å². The van der Waals surface area contributed by atoms with Gasteiger partial charge >= 0.3 is 0 Å². The van der Waals surface area contributed by atoms with E-state index in [-0.39, 0.29) is 0 Å². The Morgan fingerprint density at radius 1 is 0.679 bits per heavy atom. The van der Waals surface area contributed by atoms with Gasteiger partial charge < -0.3 is 0 Å². The average molecular weight is 381 g/mol. The summed E-state index contributed by atoms with van der Waals surface area (Å²) in [4.78, 5) is 4.37. The Kier molecular flexibility index (Phi) is 4.93. The third kappa shape index (κ3) is 2.97. The Morgan fingerprint density at radius 2 is 1.25 bits per heavy atom. The molecule has 3 aromatic carbocycles. The van der Waals surface area contributed by atoms with E-state index in [0.717, 1.165) is 22.3 Å². The largest absolute Gasteiger partial charge is 0.245 e. The summed E-state index contributed by atoms with van der Waals surface area (Å²) in [6.45, 7) is 0. The quantitative estimate of drug-likeness (QED) is 0.408. The first-order valence-corrected chi connectivity index (χ1v) is 9.37. The summed E-state index contributed by atoms with van der Waals surface area (Å²) in [5, 5.41) is 9.87. The number of hydrogen-bond donors (Lipinski definition) is 0. The number of nitrogens with zero attached hydrogens (tertiary/aromatic N) is 2. The van der Waals surface area contributed by atoms with Crippen molar-refractivity contribution in [2.75, 3.05) is 0 Å². The molecule has 0 atom stereocenters. The maximum absolute atomic E-state index is 9.19. The Labute approximate surface area is 169 Å². The second kappa shape index (κ2) is 7.68. The van der Waals surface area contributed by atoms with E-state index in [1.54, 1.807) is 12.3 Å². The van der Waals surface area contributed by atoms with E-state index >= 15 is 0 Å². The lowest BCUT2D eigenvalue weighted by molar-refractivity contribution is 0.740. The first-order valence-electron chi connectivity index (χ1n) is 8.99. The number of hydrogen-bond acceptors (Lipinski definition) is 2. The molecule has 0 saturated heterocycles. The van der Waals surface area contributed by atoms with Crippen molar-refractivity contribution in [3.05, 3.63) is 136 Å². The molecule has 2 nitrogen and oxygen atoms in total. The molecule has 0 amide bonds. The number of rotatable bonds is 4. The molecular formula is C25H17ClN2. The minimum absolute atomic E-state index is 0.387. The summed E-state index contributed by atoms with van der Waals surface area (Å²) < 4.78 is 0. The zero-order valence-electron chi connectivity index (χ0n) is 15.1. The summed E-state index contributed by atoms with van der Waals surface area (Å²) in [6.07, 6.45) is 1.78. The monoisotopic (exact) mass is 380 g/mol. The predicted molar refractivity (Wildman–Crippen MR) is 112 cm³/mol. The Bertz CT molecular complexity index is 1080. The highest BCUT2D eigenvalue weighted by Gasteiger charge is 2.39. The zero-order valence-corrected chi connectivity index (χ0v) is 15.8. The van der Waals surface area contributed by atoms with Crippen molar-refractivity contribution in [3.63, 3.8) is 0 Å². The topological polar surface area (TPSA) is 36.7 Å². The SMILES string of the molecule is N#Cc1ccc(C(c2ccccc2)(c2ccccc2)c2ccccc2Cl)cn1. The maximum atomic E-state index is 9.19. The van der Waals surface area contributed by atoms with Crippen LogP contribution < -0.4 is 0 Å². The first-order chi connectivity index (χ1) is 13.8. The Balaban J connectivity index is 2.15. The summed E-state index contributed by atoms with van der Waals surface area (Å²) in [5.74, 6) is 0. The van der Waals surface area contributed by atoms with E-state index in [1.807, 2.05) is 60.7 Å². The highest BCUT2D eigenvalue weighted by atomic mass is 35.5. The van der Waals surface area contributed by atoms with Gasteiger partial charge in [-0.1, -0.05) is 96.5 Å². The van der Waals surface area contributed by atoms with Gasteiger partial charge in [0.05, 0.1) is 5.41 Å². The molecule has 4 aromatic rings. The molecule has 4 rings (SSSR count). The number of benzene rings is 3. The molecule has 28 heavy (non-hydrogen) atoms. The predicted octanol–water partition coefficient (Wildman–Crippen LogP) is 5.99. The van der Waals surface area contributed by atoms with Crippen LogP contribution >= 0.6 is 11.6 Å². The van der Waals surface area contributed by atoms with Crippen LogP contribution in [0.25, 0.3) is 0 Å². The summed E-state index contributed by atoms with van der Waals surface area (Å²) in [7, 11) is 0. The fraction of sp³-hybridized carbons (Fsp3) is 0.0400. The smallest absolute Gasteiger partial charge is 0.140 e. The van der Waals surface area contributed by atoms with Crippen LogP contribution in [0.1, 0.15) is 27.9 Å². The first kappa shape index (κ1) is 18.0. The van der Waals surface area contributed by atoms with Crippen molar-refractivity contribution >= 4 is 11.6 Å². The van der Waals surface area contributed by atoms with Crippen LogP contribution in [0.2, 0.25) is 5.02 Å². The Hall–Kier alpha value is -3.41. The molecule has 0 unspecified atom stereocenters. The highest BCUT2D eigenvalue weighted by Crippen LogP contribution is 2.47. The van der Waals surface area contributed by atoms with Gasteiger partial charge in [0, 0.05) is 11.2 Å². The number of aromatic nitrogens is 1. The fourth-order valence-corrected chi connectivity index (χ4v) is 4.07. The van der Waals surface area contributed by atoms with Crippen LogP contribution in [0.5, 0.6) is 0 Å².